The summed E-state index contributed by atoms with van der Waals surface area (Å²) in [5.74, 6) is 0.0570. The standard InChI is InChI=1S/C18H28N2O.ClH/c1-17(2,14-9-5-4-6-10-14)13-20-16(21)15-11-7-8-12-18(15,3)19;/h4-6,9-10,15H,7-8,11-13,19H2,1-3H3,(H,20,21);1H. The quantitative estimate of drug-likeness (QED) is 0.891. The van der Waals surface area contributed by atoms with E-state index in [4.69, 9.17) is 5.73 Å². The monoisotopic (exact) mass is 324 g/mol. The van der Waals surface area contributed by atoms with Gasteiger partial charge in [-0.2, -0.15) is 0 Å². The zero-order valence-electron chi connectivity index (χ0n) is 13.9. The van der Waals surface area contributed by atoms with E-state index >= 15 is 0 Å². The first kappa shape index (κ1) is 19.0. The van der Waals surface area contributed by atoms with Gasteiger partial charge in [-0.05, 0) is 25.3 Å². The Balaban J connectivity index is 0.00000242. The molecule has 3 N–H and O–H groups in total. The second-order valence-corrected chi connectivity index (χ2v) is 7.27. The number of rotatable bonds is 4. The molecule has 1 saturated carbocycles. The van der Waals surface area contributed by atoms with Crippen LogP contribution in [0, 0.1) is 5.92 Å². The molecule has 0 spiro atoms. The van der Waals surface area contributed by atoms with E-state index in [-0.39, 0.29) is 35.2 Å². The average Bonchev–Trinajstić information content (AvgIpc) is 2.45. The minimum absolute atomic E-state index is 0. The Labute approximate surface area is 140 Å². The third-order valence-electron chi connectivity index (χ3n) is 4.83. The maximum absolute atomic E-state index is 12.5. The number of amides is 1. The van der Waals surface area contributed by atoms with E-state index in [1.165, 1.54) is 5.56 Å². The van der Waals surface area contributed by atoms with Crippen LogP contribution in [0.3, 0.4) is 0 Å². The zero-order chi connectivity index (χ0) is 15.5. The summed E-state index contributed by atoms with van der Waals surface area (Å²) in [4.78, 5) is 12.5. The second kappa shape index (κ2) is 7.47. The number of nitrogens with one attached hydrogen (secondary N) is 1. The van der Waals surface area contributed by atoms with Crippen molar-refractivity contribution in [3.8, 4) is 0 Å². The van der Waals surface area contributed by atoms with Crippen LogP contribution in [0.25, 0.3) is 0 Å². The van der Waals surface area contributed by atoms with E-state index in [0.29, 0.717) is 6.54 Å². The van der Waals surface area contributed by atoms with Crippen LogP contribution in [0.4, 0.5) is 0 Å². The summed E-state index contributed by atoms with van der Waals surface area (Å²) in [6.45, 7) is 6.97. The lowest BCUT2D eigenvalue weighted by Gasteiger charge is -2.38. The number of carbonyl (C=O) groups is 1. The molecule has 2 atom stereocenters. The molecule has 1 fully saturated rings. The van der Waals surface area contributed by atoms with Crippen molar-refractivity contribution in [2.45, 2.75) is 57.4 Å². The molecular weight excluding hydrogens is 296 g/mol. The lowest BCUT2D eigenvalue weighted by molar-refractivity contribution is -0.128. The minimum Gasteiger partial charge on any atom is -0.355 e. The molecule has 4 heteroatoms. The fourth-order valence-corrected chi connectivity index (χ4v) is 3.21. The van der Waals surface area contributed by atoms with Crippen LogP contribution in [0.1, 0.15) is 52.0 Å². The first-order chi connectivity index (χ1) is 9.83. The number of nitrogens with two attached hydrogens (primary N) is 1. The molecule has 1 aliphatic rings. The van der Waals surface area contributed by atoms with E-state index in [0.717, 1.165) is 25.7 Å². The summed E-state index contributed by atoms with van der Waals surface area (Å²) < 4.78 is 0. The van der Waals surface area contributed by atoms with Crippen LogP contribution >= 0.6 is 12.4 Å². The molecule has 1 aliphatic carbocycles. The normalized spacial score (nSPS) is 25.2. The molecule has 2 rings (SSSR count). The maximum atomic E-state index is 12.5. The van der Waals surface area contributed by atoms with Gasteiger partial charge in [0.1, 0.15) is 0 Å². The van der Waals surface area contributed by atoms with Gasteiger partial charge in [-0.3, -0.25) is 4.79 Å². The van der Waals surface area contributed by atoms with Crippen LogP contribution in [0.15, 0.2) is 30.3 Å². The van der Waals surface area contributed by atoms with Gasteiger partial charge in [0, 0.05) is 17.5 Å². The zero-order valence-corrected chi connectivity index (χ0v) is 14.7. The van der Waals surface area contributed by atoms with Gasteiger partial charge in [0.2, 0.25) is 5.91 Å². The summed E-state index contributed by atoms with van der Waals surface area (Å²) in [5.41, 5.74) is 7.12. The Bertz CT molecular complexity index is 485. The fraction of sp³-hybridized carbons (Fsp3) is 0.611. The Morgan fingerprint density at radius 2 is 1.95 bits per heavy atom. The van der Waals surface area contributed by atoms with Crippen LogP contribution in [-0.4, -0.2) is 18.0 Å². The summed E-state index contributed by atoms with van der Waals surface area (Å²) in [5, 5.41) is 3.13. The third kappa shape index (κ3) is 4.47. The summed E-state index contributed by atoms with van der Waals surface area (Å²) in [6.07, 6.45) is 4.08. The van der Waals surface area contributed by atoms with Gasteiger partial charge in [0.25, 0.3) is 0 Å². The van der Waals surface area contributed by atoms with E-state index < -0.39 is 0 Å². The molecule has 2 unspecified atom stereocenters. The van der Waals surface area contributed by atoms with E-state index in [1.54, 1.807) is 0 Å². The molecule has 124 valence electrons. The summed E-state index contributed by atoms with van der Waals surface area (Å²) >= 11 is 0. The van der Waals surface area contributed by atoms with Gasteiger partial charge in [-0.15, -0.1) is 12.4 Å². The highest BCUT2D eigenvalue weighted by Gasteiger charge is 2.38. The predicted molar refractivity (Wildman–Crippen MR) is 94.3 cm³/mol. The van der Waals surface area contributed by atoms with E-state index in [2.05, 4.69) is 31.3 Å². The van der Waals surface area contributed by atoms with Crippen molar-refractivity contribution < 1.29 is 4.79 Å². The Morgan fingerprint density at radius 1 is 1.32 bits per heavy atom. The molecule has 1 amide bonds. The van der Waals surface area contributed by atoms with Crippen molar-refractivity contribution in [2.24, 2.45) is 11.7 Å². The fourth-order valence-electron chi connectivity index (χ4n) is 3.21. The second-order valence-electron chi connectivity index (χ2n) is 7.27. The van der Waals surface area contributed by atoms with Gasteiger partial charge in [-0.25, -0.2) is 0 Å². The molecule has 3 nitrogen and oxygen atoms in total. The van der Waals surface area contributed by atoms with Crippen molar-refractivity contribution in [1.29, 1.82) is 0 Å². The number of hydrogen-bond donors (Lipinski definition) is 2. The van der Waals surface area contributed by atoms with Gasteiger partial charge in [0.05, 0.1) is 5.92 Å². The molecule has 0 bridgehead atoms. The molecular formula is C18H29ClN2O. The highest BCUT2D eigenvalue weighted by molar-refractivity contribution is 5.85. The van der Waals surface area contributed by atoms with Gasteiger partial charge in [-0.1, -0.05) is 57.0 Å². The Kier molecular flexibility index (Phi) is 6.45. The first-order valence-corrected chi connectivity index (χ1v) is 7.95. The van der Waals surface area contributed by atoms with Gasteiger partial charge in [0.15, 0.2) is 0 Å². The molecule has 0 saturated heterocycles. The van der Waals surface area contributed by atoms with Crippen molar-refractivity contribution in [1.82, 2.24) is 5.32 Å². The Hall–Kier alpha value is -1.06. The Morgan fingerprint density at radius 3 is 2.55 bits per heavy atom. The van der Waals surface area contributed by atoms with Crippen LogP contribution in [0.5, 0.6) is 0 Å². The number of hydrogen-bond acceptors (Lipinski definition) is 2. The number of carbonyl (C=O) groups excluding carboxylic acids is 1. The molecule has 0 aliphatic heterocycles. The smallest absolute Gasteiger partial charge is 0.224 e. The first-order valence-electron chi connectivity index (χ1n) is 7.95. The predicted octanol–water partition coefficient (Wildman–Crippen LogP) is 3.41. The summed E-state index contributed by atoms with van der Waals surface area (Å²) in [6, 6.07) is 10.3. The van der Waals surface area contributed by atoms with Crippen molar-refractivity contribution in [3.05, 3.63) is 35.9 Å². The van der Waals surface area contributed by atoms with Crippen molar-refractivity contribution in [2.75, 3.05) is 6.54 Å². The lowest BCUT2D eigenvalue weighted by Crippen LogP contribution is -2.54. The molecule has 1 aromatic rings. The largest absolute Gasteiger partial charge is 0.355 e. The highest BCUT2D eigenvalue weighted by Crippen LogP contribution is 2.32. The number of benzene rings is 1. The topological polar surface area (TPSA) is 55.1 Å². The maximum Gasteiger partial charge on any atom is 0.224 e. The van der Waals surface area contributed by atoms with Crippen LogP contribution in [0.2, 0.25) is 0 Å². The molecule has 0 heterocycles. The summed E-state index contributed by atoms with van der Waals surface area (Å²) in [7, 11) is 0. The van der Waals surface area contributed by atoms with Gasteiger partial charge < -0.3 is 11.1 Å². The van der Waals surface area contributed by atoms with E-state index in [9.17, 15) is 4.79 Å². The minimum atomic E-state index is -0.362. The van der Waals surface area contributed by atoms with Gasteiger partial charge >= 0.3 is 0 Å². The molecule has 1 aromatic carbocycles. The molecule has 0 aromatic heterocycles. The number of halogens is 1. The third-order valence-corrected chi connectivity index (χ3v) is 4.83. The average molecular weight is 325 g/mol. The van der Waals surface area contributed by atoms with Crippen LogP contribution in [-0.2, 0) is 10.2 Å². The highest BCUT2D eigenvalue weighted by atomic mass is 35.5. The van der Waals surface area contributed by atoms with E-state index in [1.807, 2.05) is 25.1 Å². The van der Waals surface area contributed by atoms with Crippen molar-refractivity contribution >= 4 is 18.3 Å². The molecule has 0 radical (unpaired) electrons. The molecule has 22 heavy (non-hydrogen) atoms. The SMILES string of the molecule is CC(C)(CNC(=O)C1CCCCC1(C)N)c1ccccc1.Cl. The van der Waals surface area contributed by atoms with Crippen LogP contribution < -0.4 is 11.1 Å². The van der Waals surface area contributed by atoms with Crippen molar-refractivity contribution in [3.63, 3.8) is 0 Å². The lowest BCUT2D eigenvalue weighted by atomic mass is 9.74.